The van der Waals surface area contributed by atoms with Crippen LogP contribution in [0.1, 0.15) is 11.1 Å². The molecule has 0 amide bonds. The smallest absolute Gasteiger partial charge is 0.165 e. The minimum absolute atomic E-state index is 0.289. The predicted molar refractivity (Wildman–Crippen MR) is 91.4 cm³/mol. The van der Waals surface area contributed by atoms with E-state index in [4.69, 9.17) is 44.3 Å². The summed E-state index contributed by atoms with van der Waals surface area (Å²) in [6.45, 7) is 0.289. The molecule has 0 radical (unpaired) electrons. The van der Waals surface area contributed by atoms with Gasteiger partial charge in [0.25, 0.3) is 0 Å². The minimum atomic E-state index is 0.289. The van der Waals surface area contributed by atoms with Crippen LogP contribution in [0.2, 0.25) is 15.1 Å². The molecule has 0 saturated heterocycles. The SMILES string of the molecule is COc1cc(Cl)cc(CBr)c1OCc1cccc(Cl)c1Cl. The number of hydrogen-bond acceptors (Lipinski definition) is 2. The van der Waals surface area contributed by atoms with Gasteiger partial charge in [-0.25, -0.2) is 0 Å². The summed E-state index contributed by atoms with van der Waals surface area (Å²) in [5.74, 6) is 1.21. The molecule has 0 N–H and O–H groups in total. The van der Waals surface area contributed by atoms with E-state index in [0.717, 1.165) is 11.1 Å². The molecule has 21 heavy (non-hydrogen) atoms. The van der Waals surface area contributed by atoms with Crippen LogP contribution < -0.4 is 9.47 Å². The third-order valence-electron chi connectivity index (χ3n) is 2.86. The van der Waals surface area contributed by atoms with Gasteiger partial charge < -0.3 is 9.47 Å². The standard InChI is InChI=1S/C15H12BrCl3O2/c1-20-13-6-11(17)5-10(7-16)15(13)21-8-9-3-2-4-12(18)14(9)19/h2-6H,7-8H2,1H3. The van der Waals surface area contributed by atoms with Crippen LogP contribution in [0.3, 0.4) is 0 Å². The van der Waals surface area contributed by atoms with Crippen molar-refractivity contribution in [3.63, 3.8) is 0 Å². The minimum Gasteiger partial charge on any atom is -0.493 e. The Labute approximate surface area is 147 Å². The molecule has 0 saturated carbocycles. The monoisotopic (exact) mass is 408 g/mol. The lowest BCUT2D eigenvalue weighted by atomic mass is 10.2. The highest BCUT2D eigenvalue weighted by Crippen LogP contribution is 2.37. The normalized spacial score (nSPS) is 10.5. The zero-order valence-corrected chi connectivity index (χ0v) is 15.0. The molecule has 0 aliphatic carbocycles. The molecule has 6 heteroatoms. The van der Waals surface area contributed by atoms with Crippen molar-refractivity contribution in [3.05, 3.63) is 56.5 Å². The molecule has 0 spiro atoms. The lowest BCUT2D eigenvalue weighted by molar-refractivity contribution is 0.282. The van der Waals surface area contributed by atoms with Gasteiger partial charge in [0.05, 0.1) is 17.2 Å². The van der Waals surface area contributed by atoms with Crippen molar-refractivity contribution >= 4 is 50.7 Å². The van der Waals surface area contributed by atoms with Gasteiger partial charge in [-0.05, 0) is 12.1 Å². The Balaban J connectivity index is 2.29. The maximum atomic E-state index is 6.16. The van der Waals surface area contributed by atoms with Gasteiger partial charge in [0.15, 0.2) is 11.5 Å². The fraction of sp³-hybridized carbons (Fsp3) is 0.200. The van der Waals surface area contributed by atoms with E-state index >= 15 is 0 Å². The van der Waals surface area contributed by atoms with Gasteiger partial charge in [-0.15, -0.1) is 0 Å². The Morgan fingerprint density at radius 2 is 1.86 bits per heavy atom. The molecule has 0 heterocycles. The van der Waals surface area contributed by atoms with Crippen LogP contribution in [0.15, 0.2) is 30.3 Å². The lowest BCUT2D eigenvalue weighted by Gasteiger charge is -2.15. The third-order valence-corrected chi connectivity index (χ3v) is 4.54. The summed E-state index contributed by atoms with van der Waals surface area (Å²) < 4.78 is 11.2. The average Bonchev–Trinajstić information content (AvgIpc) is 2.48. The molecule has 0 fully saturated rings. The Kier molecular flexibility index (Phi) is 6.06. The maximum absolute atomic E-state index is 6.16. The molecule has 0 aliphatic rings. The van der Waals surface area contributed by atoms with Gasteiger partial charge in [0, 0.05) is 27.5 Å². The van der Waals surface area contributed by atoms with E-state index in [0.29, 0.717) is 31.9 Å². The van der Waals surface area contributed by atoms with Crippen LogP contribution in [0.4, 0.5) is 0 Å². The maximum Gasteiger partial charge on any atom is 0.165 e. The second kappa shape index (κ2) is 7.59. The summed E-state index contributed by atoms with van der Waals surface area (Å²) in [7, 11) is 1.57. The summed E-state index contributed by atoms with van der Waals surface area (Å²) in [4.78, 5) is 0. The molecule has 2 rings (SSSR count). The number of ether oxygens (including phenoxy) is 2. The number of rotatable bonds is 5. The highest BCUT2D eigenvalue weighted by molar-refractivity contribution is 9.08. The first-order valence-corrected chi connectivity index (χ1v) is 8.30. The number of benzene rings is 2. The molecule has 0 aromatic heterocycles. The van der Waals surface area contributed by atoms with Crippen LogP contribution in [0.5, 0.6) is 11.5 Å². The van der Waals surface area contributed by atoms with Crippen molar-refractivity contribution < 1.29 is 9.47 Å². The molecule has 0 unspecified atom stereocenters. The lowest BCUT2D eigenvalue weighted by Crippen LogP contribution is -2.01. The molecule has 112 valence electrons. The van der Waals surface area contributed by atoms with E-state index in [1.165, 1.54) is 0 Å². The van der Waals surface area contributed by atoms with Crippen LogP contribution in [-0.2, 0) is 11.9 Å². The second-order valence-electron chi connectivity index (χ2n) is 4.23. The molecule has 0 aliphatic heterocycles. The molecular weight excluding hydrogens is 398 g/mol. The molecule has 2 aromatic carbocycles. The van der Waals surface area contributed by atoms with Crippen LogP contribution in [0, 0.1) is 0 Å². The summed E-state index contributed by atoms with van der Waals surface area (Å²) in [6, 6.07) is 8.97. The Morgan fingerprint density at radius 3 is 2.52 bits per heavy atom. The van der Waals surface area contributed by atoms with Gasteiger partial charge in [0.1, 0.15) is 6.61 Å². The van der Waals surface area contributed by atoms with Crippen molar-refractivity contribution in [2.75, 3.05) is 7.11 Å². The average molecular weight is 411 g/mol. The van der Waals surface area contributed by atoms with E-state index < -0.39 is 0 Å². The van der Waals surface area contributed by atoms with E-state index in [1.54, 1.807) is 19.2 Å². The Hall–Kier alpha value is -0.610. The summed E-state index contributed by atoms with van der Waals surface area (Å²) in [6.07, 6.45) is 0. The van der Waals surface area contributed by atoms with Crippen molar-refractivity contribution in [1.82, 2.24) is 0 Å². The molecular formula is C15H12BrCl3O2. The van der Waals surface area contributed by atoms with Crippen LogP contribution >= 0.6 is 50.7 Å². The van der Waals surface area contributed by atoms with Crippen molar-refractivity contribution in [2.24, 2.45) is 0 Å². The molecule has 2 aromatic rings. The van der Waals surface area contributed by atoms with Gasteiger partial charge in [-0.2, -0.15) is 0 Å². The van der Waals surface area contributed by atoms with E-state index in [1.807, 2.05) is 18.2 Å². The quantitative estimate of drug-likeness (QED) is 0.552. The molecule has 2 nitrogen and oxygen atoms in total. The second-order valence-corrected chi connectivity index (χ2v) is 6.01. The van der Waals surface area contributed by atoms with E-state index in [-0.39, 0.29) is 6.61 Å². The predicted octanol–water partition coefficient (Wildman–Crippen LogP) is 6.13. The van der Waals surface area contributed by atoms with E-state index in [9.17, 15) is 0 Å². The van der Waals surface area contributed by atoms with Gasteiger partial charge >= 0.3 is 0 Å². The Morgan fingerprint density at radius 1 is 1.10 bits per heavy atom. The largest absolute Gasteiger partial charge is 0.493 e. The topological polar surface area (TPSA) is 18.5 Å². The number of alkyl halides is 1. The highest BCUT2D eigenvalue weighted by Gasteiger charge is 2.13. The van der Waals surface area contributed by atoms with Crippen molar-refractivity contribution in [3.8, 4) is 11.5 Å². The third kappa shape index (κ3) is 3.98. The number of methoxy groups -OCH3 is 1. The zero-order valence-electron chi connectivity index (χ0n) is 11.1. The number of halogens is 4. The van der Waals surface area contributed by atoms with Crippen molar-refractivity contribution in [2.45, 2.75) is 11.9 Å². The highest BCUT2D eigenvalue weighted by atomic mass is 79.9. The van der Waals surface area contributed by atoms with Gasteiger partial charge in [-0.1, -0.05) is 62.9 Å². The number of hydrogen-bond donors (Lipinski definition) is 0. The fourth-order valence-corrected chi connectivity index (χ4v) is 2.87. The first kappa shape index (κ1) is 16.8. The summed E-state index contributed by atoms with van der Waals surface area (Å²) >= 11 is 21.6. The first-order valence-electron chi connectivity index (χ1n) is 6.05. The van der Waals surface area contributed by atoms with Crippen LogP contribution in [-0.4, -0.2) is 7.11 Å². The first-order chi connectivity index (χ1) is 10.1. The fourth-order valence-electron chi connectivity index (χ4n) is 1.85. The van der Waals surface area contributed by atoms with E-state index in [2.05, 4.69) is 15.9 Å². The zero-order chi connectivity index (χ0) is 15.4. The molecule has 0 bridgehead atoms. The van der Waals surface area contributed by atoms with Crippen LogP contribution in [0.25, 0.3) is 0 Å². The van der Waals surface area contributed by atoms with Gasteiger partial charge in [-0.3, -0.25) is 0 Å². The summed E-state index contributed by atoms with van der Waals surface area (Å²) in [5, 5.41) is 2.19. The molecule has 0 atom stereocenters. The Bertz CT molecular complexity index is 622. The van der Waals surface area contributed by atoms with Gasteiger partial charge in [0.2, 0.25) is 0 Å². The van der Waals surface area contributed by atoms with Crippen molar-refractivity contribution in [1.29, 1.82) is 0 Å². The summed E-state index contributed by atoms with van der Waals surface area (Å²) in [5.41, 5.74) is 1.71.